The summed E-state index contributed by atoms with van der Waals surface area (Å²) in [4.78, 5) is 34.6. The van der Waals surface area contributed by atoms with Gasteiger partial charge in [-0.2, -0.15) is 0 Å². The van der Waals surface area contributed by atoms with Gasteiger partial charge in [0.1, 0.15) is 18.8 Å². The monoisotopic (exact) mass is 280 g/mol. The highest BCUT2D eigenvalue weighted by Gasteiger charge is 2.63. The summed E-state index contributed by atoms with van der Waals surface area (Å²) in [7, 11) is 0. The van der Waals surface area contributed by atoms with E-state index in [1.165, 1.54) is 6.92 Å². The molecule has 2 bridgehead atoms. The summed E-state index contributed by atoms with van der Waals surface area (Å²) in [6.45, 7) is 4.69. The Morgan fingerprint density at radius 2 is 2.15 bits per heavy atom. The van der Waals surface area contributed by atoms with Crippen LogP contribution in [0.5, 0.6) is 0 Å². The number of hydrogen-bond acceptors (Lipinski definition) is 6. The minimum atomic E-state index is -0.574. The quantitative estimate of drug-likeness (QED) is 0.535. The molecule has 3 saturated heterocycles. The Balaban J connectivity index is 1.54. The van der Waals surface area contributed by atoms with Crippen molar-refractivity contribution in [3.05, 3.63) is 12.2 Å². The lowest BCUT2D eigenvalue weighted by Crippen LogP contribution is -2.34. The maximum Gasteiger partial charge on any atom is 0.333 e. The van der Waals surface area contributed by atoms with Crippen molar-refractivity contribution < 1.29 is 28.6 Å². The van der Waals surface area contributed by atoms with Crippen molar-refractivity contribution >= 4 is 17.7 Å². The van der Waals surface area contributed by atoms with Gasteiger partial charge in [0.2, 0.25) is 0 Å². The smallest absolute Gasteiger partial charge is 0.333 e. The zero-order valence-electron chi connectivity index (χ0n) is 11.2. The molecule has 20 heavy (non-hydrogen) atoms. The number of Topliss-reactive ketones (excluding diaryl/α,β-unsaturated/α-hetero) is 1. The summed E-state index contributed by atoms with van der Waals surface area (Å²) in [5.41, 5.74) is 0.258. The normalized spacial score (nSPS) is 36.9. The van der Waals surface area contributed by atoms with E-state index < -0.39 is 5.97 Å². The molecular weight excluding hydrogens is 264 g/mol. The van der Waals surface area contributed by atoms with E-state index in [1.54, 1.807) is 0 Å². The fourth-order valence-electron chi connectivity index (χ4n) is 3.22. The number of carbonyl (C=O) groups is 3. The van der Waals surface area contributed by atoms with Gasteiger partial charge in [0.15, 0.2) is 5.78 Å². The third-order valence-corrected chi connectivity index (χ3v) is 4.17. The van der Waals surface area contributed by atoms with Crippen LogP contribution in [0, 0.1) is 11.8 Å². The predicted octanol–water partition coefficient (Wildman–Crippen LogP) is 0.394. The maximum absolute atomic E-state index is 11.9. The van der Waals surface area contributed by atoms with E-state index >= 15 is 0 Å². The minimum Gasteiger partial charge on any atom is -0.459 e. The molecule has 3 rings (SSSR count). The molecule has 0 aliphatic carbocycles. The number of ketones is 1. The first-order valence-corrected chi connectivity index (χ1v) is 6.67. The fraction of sp³-hybridized carbons (Fsp3) is 0.643. The second-order valence-electron chi connectivity index (χ2n) is 5.65. The Bertz CT molecular complexity index is 496. The highest BCUT2D eigenvalue weighted by molar-refractivity contribution is 5.90. The van der Waals surface area contributed by atoms with Crippen LogP contribution in [-0.4, -0.2) is 42.6 Å². The average Bonchev–Trinajstić information content (AvgIpc) is 3.00. The summed E-state index contributed by atoms with van der Waals surface area (Å²) in [6.07, 6.45) is 0.233. The molecule has 0 saturated carbocycles. The van der Waals surface area contributed by atoms with Crippen molar-refractivity contribution in [3.8, 4) is 0 Å². The first-order chi connectivity index (χ1) is 9.47. The van der Waals surface area contributed by atoms with Gasteiger partial charge < -0.3 is 14.2 Å². The van der Waals surface area contributed by atoms with Crippen LogP contribution in [0.3, 0.4) is 0 Å². The number of fused-ring (bicyclic) bond motifs is 1. The van der Waals surface area contributed by atoms with Crippen molar-refractivity contribution in [1.82, 2.24) is 0 Å². The molecule has 0 aromatic heterocycles. The molecule has 6 nitrogen and oxygen atoms in total. The molecule has 108 valence electrons. The van der Waals surface area contributed by atoms with Crippen LogP contribution in [0.2, 0.25) is 0 Å². The molecule has 3 fully saturated rings. The van der Waals surface area contributed by atoms with Gasteiger partial charge in [-0.3, -0.25) is 9.59 Å². The van der Waals surface area contributed by atoms with Crippen LogP contribution in [0.25, 0.3) is 0 Å². The first kappa shape index (κ1) is 13.3. The van der Waals surface area contributed by atoms with Crippen molar-refractivity contribution in [2.45, 2.75) is 38.1 Å². The molecule has 3 heterocycles. The Hall–Kier alpha value is -1.69. The molecule has 0 aromatic rings. The molecule has 5 unspecified atom stereocenters. The zero-order chi connectivity index (χ0) is 14.4. The van der Waals surface area contributed by atoms with Crippen molar-refractivity contribution in [2.75, 3.05) is 6.61 Å². The van der Waals surface area contributed by atoms with Crippen LogP contribution in [0.15, 0.2) is 12.2 Å². The second kappa shape index (κ2) is 4.70. The Kier molecular flexibility index (Phi) is 3.12. The minimum absolute atomic E-state index is 0.0951. The highest BCUT2D eigenvalue weighted by Crippen LogP contribution is 2.50. The van der Waals surface area contributed by atoms with Crippen LogP contribution in [0.1, 0.15) is 19.8 Å². The summed E-state index contributed by atoms with van der Waals surface area (Å²) < 4.78 is 15.8. The number of hydrogen-bond donors (Lipinski definition) is 0. The van der Waals surface area contributed by atoms with Crippen LogP contribution in [0.4, 0.5) is 0 Å². The summed E-state index contributed by atoms with van der Waals surface area (Å²) in [5.74, 6) is -1.25. The SMILES string of the molecule is C=C(C)C(=O)OCC(=O)CC1C2CC3C(=O)OC1C3O2. The summed E-state index contributed by atoms with van der Waals surface area (Å²) >= 11 is 0. The molecule has 3 aliphatic rings. The third-order valence-electron chi connectivity index (χ3n) is 4.17. The van der Waals surface area contributed by atoms with E-state index in [0.29, 0.717) is 6.42 Å². The lowest BCUT2D eigenvalue weighted by Gasteiger charge is -2.21. The van der Waals surface area contributed by atoms with E-state index in [1.807, 2.05) is 0 Å². The number of carbonyl (C=O) groups excluding carboxylic acids is 3. The van der Waals surface area contributed by atoms with Crippen LogP contribution in [-0.2, 0) is 28.6 Å². The van der Waals surface area contributed by atoms with Gasteiger partial charge in [-0.05, 0) is 13.3 Å². The van der Waals surface area contributed by atoms with Crippen molar-refractivity contribution in [3.63, 3.8) is 0 Å². The number of esters is 2. The van der Waals surface area contributed by atoms with Gasteiger partial charge in [0, 0.05) is 17.9 Å². The van der Waals surface area contributed by atoms with Gasteiger partial charge in [-0.15, -0.1) is 0 Å². The van der Waals surface area contributed by atoms with Crippen molar-refractivity contribution in [1.29, 1.82) is 0 Å². The number of ether oxygens (including phenoxy) is 3. The second-order valence-corrected chi connectivity index (χ2v) is 5.65. The van der Waals surface area contributed by atoms with Gasteiger partial charge in [0.25, 0.3) is 0 Å². The first-order valence-electron chi connectivity index (χ1n) is 6.67. The molecule has 0 amide bonds. The molecule has 3 aliphatic heterocycles. The van der Waals surface area contributed by atoms with E-state index in [2.05, 4.69) is 6.58 Å². The predicted molar refractivity (Wildman–Crippen MR) is 65.5 cm³/mol. The fourth-order valence-corrected chi connectivity index (χ4v) is 3.22. The van der Waals surface area contributed by atoms with Gasteiger partial charge in [-0.1, -0.05) is 6.58 Å². The molecule has 5 atom stereocenters. The van der Waals surface area contributed by atoms with Crippen molar-refractivity contribution in [2.24, 2.45) is 11.8 Å². The maximum atomic E-state index is 11.9. The van der Waals surface area contributed by atoms with Crippen LogP contribution >= 0.6 is 0 Å². The summed E-state index contributed by atoms with van der Waals surface area (Å²) in [6, 6.07) is 0. The molecular formula is C14H16O6. The largest absolute Gasteiger partial charge is 0.459 e. The van der Waals surface area contributed by atoms with E-state index in [0.717, 1.165) is 0 Å². The van der Waals surface area contributed by atoms with E-state index in [4.69, 9.17) is 14.2 Å². The molecule has 0 radical (unpaired) electrons. The van der Waals surface area contributed by atoms with E-state index in [9.17, 15) is 14.4 Å². The zero-order valence-corrected chi connectivity index (χ0v) is 11.2. The molecule has 0 N–H and O–H groups in total. The molecule has 0 spiro atoms. The lowest BCUT2D eigenvalue weighted by atomic mass is 9.80. The Morgan fingerprint density at radius 3 is 2.85 bits per heavy atom. The summed E-state index contributed by atoms with van der Waals surface area (Å²) in [5, 5.41) is 0. The third kappa shape index (κ3) is 2.04. The van der Waals surface area contributed by atoms with Gasteiger partial charge in [-0.25, -0.2) is 4.79 Å². The molecule has 0 aromatic carbocycles. The molecule has 6 heteroatoms. The lowest BCUT2D eigenvalue weighted by molar-refractivity contribution is -0.146. The van der Waals surface area contributed by atoms with E-state index in [-0.39, 0.29) is 60.5 Å². The Labute approximate surface area is 116 Å². The average molecular weight is 280 g/mol. The standard InChI is InChI=1S/C14H16O6/c1-6(2)13(16)18-5-7(15)3-8-10-4-9-12(19-10)11(8)20-14(9)17/h8-12H,1,3-5H2,2H3. The Morgan fingerprint density at radius 1 is 1.40 bits per heavy atom. The van der Waals surface area contributed by atoms with Crippen LogP contribution < -0.4 is 0 Å². The van der Waals surface area contributed by atoms with Gasteiger partial charge in [0.05, 0.1) is 12.0 Å². The topological polar surface area (TPSA) is 78.9 Å². The van der Waals surface area contributed by atoms with Gasteiger partial charge >= 0.3 is 11.9 Å². The number of rotatable bonds is 5. The highest BCUT2D eigenvalue weighted by atomic mass is 16.6.